The van der Waals surface area contributed by atoms with Crippen LogP contribution in [0.5, 0.6) is 0 Å². The average molecular weight is 205 g/mol. The fourth-order valence-electron chi connectivity index (χ4n) is 0.868. The summed E-state index contributed by atoms with van der Waals surface area (Å²) in [4.78, 5) is 14.0. The first-order valence-electron chi connectivity index (χ1n) is 3.57. The number of carbonyl (C=O) groups excluding carboxylic acids is 1. The van der Waals surface area contributed by atoms with Gasteiger partial charge in [0.25, 0.3) is 0 Å². The predicted octanol–water partition coefficient (Wildman–Crippen LogP) is 0.252. The lowest BCUT2D eigenvalue weighted by Gasteiger charge is -2.26. The maximum Gasteiger partial charge on any atom is 0.245 e. The number of aliphatic imine (C=N–C) groups is 1. The smallest absolute Gasteiger partial charge is 0.245 e. The van der Waals surface area contributed by atoms with E-state index in [0.717, 1.165) is 0 Å². The maximum atomic E-state index is 10.5. The number of aliphatic hydroxyl groups excluding tert-OH is 1. The normalized spacial score (nSPS) is 27.3. The van der Waals surface area contributed by atoms with E-state index in [1.807, 2.05) is 0 Å². The number of rotatable bonds is 2. The van der Waals surface area contributed by atoms with Crippen LogP contribution < -0.4 is 5.32 Å². The molecule has 5 nitrogen and oxygen atoms in total. The molecule has 1 unspecified atom stereocenters. The van der Waals surface area contributed by atoms with Crippen molar-refractivity contribution in [3.63, 3.8) is 0 Å². The quantitative estimate of drug-likeness (QED) is 0.564. The lowest BCUT2D eigenvalue weighted by molar-refractivity contribution is -0.116. The molecule has 0 aromatic carbocycles. The molecule has 0 saturated heterocycles. The van der Waals surface area contributed by atoms with Gasteiger partial charge in [-0.2, -0.15) is 4.99 Å². The molecule has 0 fully saturated rings. The highest BCUT2D eigenvalue weighted by Gasteiger charge is 2.31. The molecule has 0 bridgehead atoms. The Morgan fingerprint density at radius 1 is 1.85 bits per heavy atom. The molecule has 0 radical (unpaired) electrons. The van der Waals surface area contributed by atoms with Gasteiger partial charge in [0.15, 0.2) is 0 Å². The molecule has 1 aliphatic rings. The Balaban J connectivity index is 2.81. The molecule has 13 heavy (non-hydrogen) atoms. The molecule has 0 aromatic rings. The van der Waals surface area contributed by atoms with Crippen LogP contribution >= 0.6 is 11.6 Å². The summed E-state index contributed by atoms with van der Waals surface area (Å²) in [5.74, 6) is -2.12. The van der Waals surface area contributed by atoms with Gasteiger partial charge >= 0.3 is 0 Å². The van der Waals surface area contributed by atoms with Gasteiger partial charge in [-0.05, 0) is 18.5 Å². The Hall–Kier alpha value is -1.07. The summed E-state index contributed by atoms with van der Waals surface area (Å²) < 4.78 is 0. The molecule has 0 amide bonds. The fraction of sp³-hybridized carbons (Fsp3) is 0.429. The van der Waals surface area contributed by atoms with Gasteiger partial charge in [0.2, 0.25) is 17.0 Å². The van der Waals surface area contributed by atoms with Crippen molar-refractivity contribution in [2.24, 2.45) is 4.99 Å². The van der Waals surface area contributed by atoms with Crippen LogP contribution in [0.15, 0.2) is 16.8 Å². The second-order valence-corrected chi connectivity index (χ2v) is 3.18. The van der Waals surface area contributed by atoms with Crippen molar-refractivity contribution < 1.29 is 15.0 Å². The summed E-state index contributed by atoms with van der Waals surface area (Å²) in [6, 6.07) is 0. The summed E-state index contributed by atoms with van der Waals surface area (Å²) in [5, 5.41) is 20.4. The van der Waals surface area contributed by atoms with Gasteiger partial charge in [0, 0.05) is 11.8 Å². The number of hydrogen-bond donors (Lipinski definition) is 3. The average Bonchev–Trinajstić information content (AvgIpc) is 1.96. The van der Waals surface area contributed by atoms with Crippen molar-refractivity contribution >= 4 is 22.7 Å². The Bertz CT molecular complexity index is 300. The molecule has 1 aliphatic heterocycles. The first-order valence-corrected chi connectivity index (χ1v) is 3.95. The molecule has 0 aliphatic carbocycles. The molecular formula is C7H9ClN2O3. The molecule has 0 aromatic heterocycles. The van der Waals surface area contributed by atoms with Gasteiger partial charge in [0.05, 0.1) is 6.42 Å². The second-order valence-electron chi connectivity index (χ2n) is 2.76. The minimum atomic E-state index is -1.82. The summed E-state index contributed by atoms with van der Waals surface area (Å²) in [6.45, 7) is 1.61. The van der Waals surface area contributed by atoms with Gasteiger partial charge in [0.1, 0.15) is 0 Å². The SMILES string of the molecule is CC1=CNC(O)(CC(=O)Cl)N=C1O. The number of nitrogens with one attached hydrogen (secondary N) is 1. The van der Waals surface area contributed by atoms with Crippen molar-refractivity contribution in [3.05, 3.63) is 11.8 Å². The van der Waals surface area contributed by atoms with E-state index < -0.39 is 17.5 Å². The zero-order chi connectivity index (χ0) is 10.1. The fourth-order valence-corrected chi connectivity index (χ4v) is 1.05. The first-order chi connectivity index (χ1) is 5.93. The lowest BCUT2D eigenvalue weighted by Crippen LogP contribution is -2.45. The Morgan fingerprint density at radius 3 is 2.92 bits per heavy atom. The van der Waals surface area contributed by atoms with Crippen LogP contribution in [0.4, 0.5) is 0 Å². The van der Waals surface area contributed by atoms with Crippen LogP contribution in [-0.4, -0.2) is 27.2 Å². The van der Waals surface area contributed by atoms with Crippen LogP contribution in [0.2, 0.25) is 0 Å². The topological polar surface area (TPSA) is 81.9 Å². The number of hydrogen-bond acceptors (Lipinski definition) is 4. The van der Waals surface area contributed by atoms with Crippen LogP contribution in [0.25, 0.3) is 0 Å². The number of nitrogens with zero attached hydrogens (tertiary/aromatic N) is 1. The summed E-state index contributed by atoms with van der Waals surface area (Å²) in [7, 11) is 0. The number of halogens is 1. The Morgan fingerprint density at radius 2 is 2.46 bits per heavy atom. The van der Waals surface area contributed by atoms with Crippen LogP contribution in [-0.2, 0) is 4.79 Å². The molecule has 1 rings (SSSR count). The van der Waals surface area contributed by atoms with Gasteiger partial charge in [-0.25, -0.2) is 0 Å². The predicted molar refractivity (Wildman–Crippen MR) is 47.4 cm³/mol. The lowest BCUT2D eigenvalue weighted by atomic mass is 10.2. The molecular weight excluding hydrogens is 196 g/mol. The molecule has 6 heteroatoms. The number of aliphatic hydroxyl groups is 2. The third-order valence-corrected chi connectivity index (χ3v) is 1.68. The number of carbonyl (C=O) groups is 1. The monoisotopic (exact) mass is 204 g/mol. The Kier molecular flexibility index (Phi) is 2.58. The molecule has 72 valence electrons. The Labute approximate surface area is 79.7 Å². The van der Waals surface area contributed by atoms with E-state index in [9.17, 15) is 9.90 Å². The van der Waals surface area contributed by atoms with Crippen molar-refractivity contribution in [1.29, 1.82) is 0 Å². The van der Waals surface area contributed by atoms with Gasteiger partial charge in [-0.1, -0.05) is 0 Å². The zero-order valence-electron chi connectivity index (χ0n) is 6.91. The summed E-state index contributed by atoms with van der Waals surface area (Å²) in [5.41, 5.74) is 0.478. The highest BCUT2D eigenvalue weighted by Crippen LogP contribution is 2.16. The minimum Gasteiger partial charge on any atom is -0.493 e. The van der Waals surface area contributed by atoms with E-state index in [1.54, 1.807) is 6.92 Å². The second kappa shape index (κ2) is 3.35. The largest absolute Gasteiger partial charge is 0.493 e. The first kappa shape index (κ1) is 10.0. The van der Waals surface area contributed by atoms with E-state index in [1.165, 1.54) is 6.20 Å². The van der Waals surface area contributed by atoms with E-state index in [-0.39, 0.29) is 5.90 Å². The van der Waals surface area contributed by atoms with Crippen LogP contribution in [0, 0.1) is 0 Å². The maximum absolute atomic E-state index is 10.5. The summed E-state index contributed by atoms with van der Waals surface area (Å²) in [6.07, 6.45) is 0.963. The zero-order valence-corrected chi connectivity index (χ0v) is 7.67. The molecule has 3 N–H and O–H groups in total. The molecule has 0 saturated carbocycles. The standard InChI is InChI=1S/C7H9ClN2O3/c1-4-3-9-7(13,2-5(8)11)10-6(4)12/h3,9,13H,2H2,1H3,(H,10,12). The van der Waals surface area contributed by atoms with Crippen molar-refractivity contribution in [2.75, 3.05) is 0 Å². The van der Waals surface area contributed by atoms with Crippen LogP contribution in [0.1, 0.15) is 13.3 Å². The summed E-state index contributed by atoms with van der Waals surface area (Å²) >= 11 is 5.07. The highest BCUT2D eigenvalue weighted by atomic mass is 35.5. The van der Waals surface area contributed by atoms with Gasteiger partial charge < -0.3 is 15.5 Å². The third kappa shape index (κ3) is 2.43. The van der Waals surface area contributed by atoms with Gasteiger partial charge in [-0.3, -0.25) is 4.79 Å². The highest BCUT2D eigenvalue weighted by molar-refractivity contribution is 6.63. The molecule has 1 heterocycles. The van der Waals surface area contributed by atoms with Crippen molar-refractivity contribution in [3.8, 4) is 0 Å². The van der Waals surface area contributed by atoms with E-state index in [2.05, 4.69) is 10.3 Å². The van der Waals surface area contributed by atoms with E-state index in [0.29, 0.717) is 5.57 Å². The molecule has 0 spiro atoms. The van der Waals surface area contributed by atoms with E-state index in [4.69, 9.17) is 16.7 Å². The third-order valence-electron chi connectivity index (χ3n) is 1.55. The van der Waals surface area contributed by atoms with Crippen molar-refractivity contribution in [1.82, 2.24) is 5.32 Å². The minimum absolute atomic E-state index is 0.306. The van der Waals surface area contributed by atoms with Crippen LogP contribution in [0.3, 0.4) is 0 Å². The van der Waals surface area contributed by atoms with E-state index >= 15 is 0 Å². The molecule has 1 atom stereocenters. The van der Waals surface area contributed by atoms with Gasteiger partial charge in [-0.15, -0.1) is 0 Å². The van der Waals surface area contributed by atoms with Crippen molar-refractivity contribution in [2.45, 2.75) is 19.2 Å².